The van der Waals surface area contributed by atoms with Crippen LogP contribution in [0.1, 0.15) is 23.6 Å². The van der Waals surface area contributed by atoms with Crippen molar-refractivity contribution in [1.29, 1.82) is 0 Å². The standard InChI is InChI=1S/C22H20N6O2/c29-20(24-18-11-10-15-6-4-5-9-17(15)18)14-28-22(30)27-13-12-19(25-21(27)26-28)23-16-7-2-1-3-8-16/h1-9,12-13,18H,10-11,14H2,(H,24,29)(H,23,25,26). The van der Waals surface area contributed by atoms with Gasteiger partial charge in [-0.15, -0.1) is 5.10 Å². The Morgan fingerprint density at radius 2 is 1.87 bits per heavy atom. The van der Waals surface area contributed by atoms with E-state index >= 15 is 0 Å². The molecule has 1 atom stereocenters. The van der Waals surface area contributed by atoms with Crippen LogP contribution in [0.5, 0.6) is 0 Å². The van der Waals surface area contributed by atoms with E-state index < -0.39 is 5.69 Å². The molecular formula is C22H20N6O2. The van der Waals surface area contributed by atoms with Crippen LogP contribution in [0, 0.1) is 0 Å². The molecule has 1 unspecified atom stereocenters. The molecular weight excluding hydrogens is 380 g/mol. The van der Waals surface area contributed by atoms with E-state index in [2.05, 4.69) is 26.8 Å². The highest BCUT2D eigenvalue weighted by Gasteiger charge is 2.24. The first-order valence-electron chi connectivity index (χ1n) is 9.83. The Bertz CT molecular complexity index is 1280. The van der Waals surface area contributed by atoms with Crippen molar-refractivity contribution in [2.45, 2.75) is 25.4 Å². The third kappa shape index (κ3) is 3.43. The van der Waals surface area contributed by atoms with Crippen LogP contribution in [-0.2, 0) is 17.8 Å². The molecule has 0 bridgehead atoms. The number of aryl methyl sites for hydroxylation is 1. The van der Waals surface area contributed by atoms with Crippen LogP contribution >= 0.6 is 0 Å². The van der Waals surface area contributed by atoms with Crippen molar-refractivity contribution in [2.75, 3.05) is 5.32 Å². The second kappa shape index (κ2) is 7.47. The van der Waals surface area contributed by atoms with Gasteiger partial charge in [0, 0.05) is 11.9 Å². The summed E-state index contributed by atoms with van der Waals surface area (Å²) in [6.07, 6.45) is 3.41. The first-order valence-corrected chi connectivity index (χ1v) is 9.83. The largest absolute Gasteiger partial charge is 0.352 e. The van der Waals surface area contributed by atoms with Crippen LogP contribution in [0.2, 0.25) is 0 Å². The lowest BCUT2D eigenvalue weighted by Gasteiger charge is -2.13. The van der Waals surface area contributed by atoms with Gasteiger partial charge in [-0.2, -0.15) is 4.98 Å². The van der Waals surface area contributed by atoms with Crippen LogP contribution in [0.25, 0.3) is 5.78 Å². The summed E-state index contributed by atoms with van der Waals surface area (Å²) < 4.78 is 2.47. The van der Waals surface area contributed by atoms with Crippen molar-refractivity contribution in [3.05, 3.63) is 88.5 Å². The molecule has 2 N–H and O–H groups in total. The van der Waals surface area contributed by atoms with E-state index in [-0.39, 0.29) is 24.3 Å². The molecule has 8 nitrogen and oxygen atoms in total. The number of nitrogens with one attached hydrogen (secondary N) is 2. The number of anilines is 2. The van der Waals surface area contributed by atoms with Gasteiger partial charge < -0.3 is 10.6 Å². The summed E-state index contributed by atoms with van der Waals surface area (Å²) in [6, 6.07) is 19.4. The van der Waals surface area contributed by atoms with E-state index in [9.17, 15) is 9.59 Å². The highest BCUT2D eigenvalue weighted by molar-refractivity contribution is 5.76. The lowest BCUT2D eigenvalue weighted by atomic mass is 10.1. The SMILES string of the molecule is O=C(Cn1nc2nc(Nc3ccccc3)ccn2c1=O)NC1CCc2ccccc21. The molecule has 5 rings (SSSR count). The highest BCUT2D eigenvalue weighted by atomic mass is 16.2. The molecule has 0 spiro atoms. The zero-order chi connectivity index (χ0) is 20.5. The summed E-state index contributed by atoms with van der Waals surface area (Å²) >= 11 is 0. The number of hydrogen-bond donors (Lipinski definition) is 2. The molecule has 30 heavy (non-hydrogen) atoms. The minimum Gasteiger partial charge on any atom is -0.348 e. The van der Waals surface area contributed by atoms with Crippen molar-refractivity contribution in [3.8, 4) is 0 Å². The van der Waals surface area contributed by atoms with Crippen LogP contribution in [0.4, 0.5) is 11.5 Å². The molecule has 2 heterocycles. The van der Waals surface area contributed by atoms with Crippen molar-refractivity contribution in [2.24, 2.45) is 0 Å². The maximum Gasteiger partial charge on any atom is 0.352 e. The zero-order valence-corrected chi connectivity index (χ0v) is 16.2. The summed E-state index contributed by atoms with van der Waals surface area (Å²) in [4.78, 5) is 29.5. The Morgan fingerprint density at radius 3 is 2.73 bits per heavy atom. The molecule has 2 aromatic carbocycles. The molecule has 0 saturated carbocycles. The maximum absolute atomic E-state index is 12.6. The van der Waals surface area contributed by atoms with Gasteiger partial charge in [-0.05, 0) is 42.2 Å². The highest BCUT2D eigenvalue weighted by Crippen LogP contribution is 2.30. The van der Waals surface area contributed by atoms with Crippen LogP contribution in [0.15, 0.2) is 71.7 Å². The van der Waals surface area contributed by atoms with Gasteiger partial charge in [0.25, 0.3) is 5.78 Å². The number of benzene rings is 2. The monoisotopic (exact) mass is 400 g/mol. The molecule has 0 saturated heterocycles. The van der Waals surface area contributed by atoms with Gasteiger partial charge in [-0.3, -0.25) is 4.79 Å². The second-order valence-electron chi connectivity index (χ2n) is 7.27. The predicted octanol–water partition coefficient (Wildman–Crippen LogP) is 2.44. The first-order chi connectivity index (χ1) is 14.7. The van der Waals surface area contributed by atoms with Crippen molar-refractivity contribution >= 4 is 23.2 Å². The fraction of sp³-hybridized carbons (Fsp3) is 0.182. The molecule has 1 aliphatic carbocycles. The van der Waals surface area contributed by atoms with Crippen LogP contribution in [-0.4, -0.2) is 25.1 Å². The van der Waals surface area contributed by atoms with Gasteiger partial charge in [0.05, 0.1) is 6.04 Å². The number of fused-ring (bicyclic) bond motifs is 2. The third-order valence-corrected chi connectivity index (χ3v) is 5.26. The first kappa shape index (κ1) is 18.1. The number of aromatic nitrogens is 4. The lowest BCUT2D eigenvalue weighted by Crippen LogP contribution is -2.34. The second-order valence-corrected chi connectivity index (χ2v) is 7.27. The van der Waals surface area contributed by atoms with Gasteiger partial charge in [0.2, 0.25) is 5.91 Å². The molecule has 4 aromatic rings. The topological polar surface area (TPSA) is 93.3 Å². The number of hydrogen-bond acceptors (Lipinski definition) is 5. The minimum atomic E-state index is -0.397. The Labute approximate surface area is 172 Å². The lowest BCUT2D eigenvalue weighted by molar-refractivity contribution is -0.122. The van der Waals surface area contributed by atoms with Gasteiger partial charge in [0.15, 0.2) is 0 Å². The molecule has 1 aliphatic rings. The average Bonchev–Trinajstić information content (AvgIpc) is 3.30. The van der Waals surface area contributed by atoms with Crippen molar-refractivity contribution < 1.29 is 4.79 Å². The minimum absolute atomic E-state index is 0.0266. The molecule has 8 heteroatoms. The number of amides is 1. The van der Waals surface area contributed by atoms with E-state index in [1.54, 1.807) is 12.3 Å². The van der Waals surface area contributed by atoms with Crippen molar-refractivity contribution in [1.82, 2.24) is 24.5 Å². The Balaban J connectivity index is 1.33. The fourth-order valence-electron chi connectivity index (χ4n) is 3.83. The van der Waals surface area contributed by atoms with Gasteiger partial charge in [0.1, 0.15) is 12.4 Å². The normalized spacial score (nSPS) is 15.1. The molecule has 2 aromatic heterocycles. The van der Waals surface area contributed by atoms with E-state index in [1.165, 1.54) is 9.96 Å². The Hall–Kier alpha value is -3.94. The van der Waals surface area contributed by atoms with Crippen LogP contribution in [0.3, 0.4) is 0 Å². The summed E-state index contributed by atoms with van der Waals surface area (Å²) in [6.45, 7) is -0.150. The van der Waals surface area contributed by atoms with Gasteiger partial charge in [-0.25, -0.2) is 13.9 Å². The van der Waals surface area contributed by atoms with E-state index in [0.29, 0.717) is 5.82 Å². The summed E-state index contributed by atoms with van der Waals surface area (Å²) in [5.41, 5.74) is 2.89. The van der Waals surface area contributed by atoms with E-state index in [0.717, 1.165) is 28.8 Å². The van der Waals surface area contributed by atoms with E-state index in [1.807, 2.05) is 48.5 Å². The fourth-order valence-corrected chi connectivity index (χ4v) is 3.83. The third-order valence-electron chi connectivity index (χ3n) is 5.26. The Kier molecular flexibility index (Phi) is 4.51. The Morgan fingerprint density at radius 1 is 1.07 bits per heavy atom. The zero-order valence-electron chi connectivity index (χ0n) is 16.2. The van der Waals surface area contributed by atoms with Gasteiger partial charge in [-0.1, -0.05) is 42.5 Å². The maximum atomic E-state index is 12.6. The number of rotatable bonds is 5. The van der Waals surface area contributed by atoms with Gasteiger partial charge >= 0.3 is 5.69 Å². The van der Waals surface area contributed by atoms with E-state index in [4.69, 9.17) is 0 Å². The van der Waals surface area contributed by atoms with Crippen molar-refractivity contribution in [3.63, 3.8) is 0 Å². The summed E-state index contributed by atoms with van der Waals surface area (Å²) in [5, 5.41) is 10.4. The quantitative estimate of drug-likeness (QED) is 0.537. The predicted molar refractivity (Wildman–Crippen MR) is 113 cm³/mol. The number of para-hydroxylation sites is 1. The molecule has 1 amide bonds. The molecule has 150 valence electrons. The summed E-state index contributed by atoms with van der Waals surface area (Å²) in [7, 11) is 0. The number of carbonyl (C=O) groups excluding carboxylic acids is 1. The molecule has 0 fully saturated rings. The average molecular weight is 400 g/mol. The summed E-state index contributed by atoms with van der Waals surface area (Å²) in [5.74, 6) is 0.558. The molecule has 0 radical (unpaired) electrons. The number of nitrogens with zero attached hydrogens (tertiary/aromatic N) is 4. The smallest absolute Gasteiger partial charge is 0.348 e. The number of carbonyl (C=O) groups is 1. The van der Waals surface area contributed by atoms with Crippen LogP contribution < -0.4 is 16.3 Å². The molecule has 0 aliphatic heterocycles.